The Morgan fingerprint density at radius 1 is 0.973 bits per heavy atom. The lowest BCUT2D eigenvalue weighted by Crippen LogP contribution is -2.32. The number of hydrogen-bond donors (Lipinski definition) is 6. The first-order valence-electron chi connectivity index (χ1n) is 10.6. The molecule has 0 radical (unpaired) electrons. The van der Waals surface area contributed by atoms with Gasteiger partial charge in [0.2, 0.25) is 0 Å². The number of thiophene rings is 2. The second-order valence-electron chi connectivity index (χ2n) is 8.04. The lowest BCUT2D eigenvalue weighted by atomic mass is 10.1. The molecule has 0 saturated heterocycles. The van der Waals surface area contributed by atoms with Crippen LogP contribution in [0.15, 0.2) is 35.7 Å². The van der Waals surface area contributed by atoms with E-state index in [0.717, 1.165) is 23.5 Å². The number of amides is 2. The van der Waals surface area contributed by atoms with Crippen molar-refractivity contribution in [2.24, 2.45) is 0 Å². The van der Waals surface area contributed by atoms with Gasteiger partial charge in [0.1, 0.15) is 28.6 Å². The van der Waals surface area contributed by atoms with E-state index in [1.54, 1.807) is 17.5 Å². The smallest absolute Gasteiger partial charge is 0.266 e. The summed E-state index contributed by atoms with van der Waals surface area (Å²) in [5.41, 5.74) is 4.58. The number of rotatable bonds is 3. The molecule has 9 nitrogen and oxygen atoms in total. The van der Waals surface area contributed by atoms with Gasteiger partial charge in [0.15, 0.2) is 23.0 Å². The SMILES string of the molecule is Nc1c(O)c(O)c(C(=O)N2CCc3cc(C(=O)Nc4c(F)cccc4F)sc3-c3sccc32)c(O)c1O. The van der Waals surface area contributed by atoms with Gasteiger partial charge in [-0.1, -0.05) is 6.07 Å². The van der Waals surface area contributed by atoms with Gasteiger partial charge < -0.3 is 36.4 Å². The number of aromatic hydroxyl groups is 4. The fourth-order valence-corrected chi connectivity index (χ4v) is 6.21. The molecule has 0 bridgehead atoms. The molecular weight excluding hydrogens is 528 g/mol. The van der Waals surface area contributed by atoms with Crippen molar-refractivity contribution in [2.75, 3.05) is 22.5 Å². The summed E-state index contributed by atoms with van der Waals surface area (Å²) in [5, 5.41) is 44.5. The Balaban J connectivity index is 1.50. The van der Waals surface area contributed by atoms with Crippen LogP contribution in [-0.2, 0) is 6.42 Å². The van der Waals surface area contributed by atoms with E-state index < -0.39 is 63.4 Å². The number of anilines is 3. The fourth-order valence-electron chi connectivity index (χ4n) is 4.01. The Bertz CT molecular complexity index is 1550. The predicted molar refractivity (Wildman–Crippen MR) is 135 cm³/mol. The number of carbonyl (C=O) groups is 2. The van der Waals surface area contributed by atoms with Gasteiger partial charge in [-0.05, 0) is 41.6 Å². The van der Waals surface area contributed by atoms with E-state index in [9.17, 15) is 38.8 Å². The van der Waals surface area contributed by atoms with Gasteiger partial charge >= 0.3 is 0 Å². The largest absolute Gasteiger partial charge is 0.504 e. The molecule has 2 aromatic carbocycles. The molecule has 0 fully saturated rings. The van der Waals surface area contributed by atoms with Crippen LogP contribution in [0.5, 0.6) is 23.0 Å². The average molecular weight is 546 g/mol. The number of benzene rings is 2. The number of phenolic OH excluding ortho intramolecular Hbond substituents is 4. The summed E-state index contributed by atoms with van der Waals surface area (Å²) < 4.78 is 28.0. The third-order valence-corrected chi connectivity index (χ3v) is 8.12. The van der Waals surface area contributed by atoms with Crippen LogP contribution in [0.3, 0.4) is 0 Å². The van der Waals surface area contributed by atoms with E-state index in [0.29, 0.717) is 21.0 Å². The third kappa shape index (κ3) is 3.88. The molecule has 1 aliphatic heterocycles. The summed E-state index contributed by atoms with van der Waals surface area (Å²) in [7, 11) is 0. The van der Waals surface area contributed by atoms with Crippen molar-refractivity contribution < 1.29 is 38.8 Å². The van der Waals surface area contributed by atoms with Gasteiger partial charge in [-0.2, -0.15) is 0 Å². The van der Waals surface area contributed by atoms with Gasteiger partial charge in [-0.15, -0.1) is 22.7 Å². The van der Waals surface area contributed by atoms with Crippen LogP contribution in [0.4, 0.5) is 25.8 Å². The molecule has 4 aromatic rings. The summed E-state index contributed by atoms with van der Waals surface area (Å²) >= 11 is 2.35. The van der Waals surface area contributed by atoms with E-state index in [2.05, 4.69) is 5.32 Å². The van der Waals surface area contributed by atoms with E-state index in [1.165, 1.54) is 22.3 Å². The number of nitrogen functional groups attached to an aromatic ring is 1. The first-order chi connectivity index (χ1) is 17.6. The quantitative estimate of drug-likeness (QED) is 0.125. The molecule has 0 aliphatic carbocycles. The number of hydrogen-bond acceptors (Lipinski definition) is 9. The minimum Gasteiger partial charge on any atom is -0.504 e. The predicted octanol–water partition coefficient (Wildman–Crippen LogP) is 4.61. The van der Waals surface area contributed by atoms with Gasteiger partial charge in [0, 0.05) is 6.54 Å². The highest BCUT2D eigenvalue weighted by atomic mass is 32.1. The van der Waals surface area contributed by atoms with Crippen molar-refractivity contribution in [1.29, 1.82) is 0 Å². The molecule has 0 atom stereocenters. The first kappa shape index (κ1) is 24.3. The molecule has 3 heterocycles. The maximum atomic E-state index is 14.0. The van der Waals surface area contributed by atoms with Crippen LogP contribution in [0, 0.1) is 11.6 Å². The number of para-hydroxylation sites is 1. The fraction of sp³-hybridized carbons (Fsp3) is 0.0833. The van der Waals surface area contributed by atoms with Crippen molar-refractivity contribution >= 4 is 51.6 Å². The van der Waals surface area contributed by atoms with Crippen LogP contribution in [0.1, 0.15) is 25.6 Å². The maximum absolute atomic E-state index is 14.0. The van der Waals surface area contributed by atoms with Gasteiger partial charge in [0.25, 0.3) is 11.8 Å². The highest BCUT2D eigenvalue weighted by molar-refractivity contribution is 7.23. The number of halogens is 2. The topological polar surface area (TPSA) is 156 Å². The third-order valence-electron chi connectivity index (χ3n) is 5.87. The summed E-state index contributed by atoms with van der Waals surface area (Å²) in [4.78, 5) is 28.9. The molecule has 190 valence electrons. The van der Waals surface area contributed by atoms with Crippen LogP contribution >= 0.6 is 22.7 Å². The van der Waals surface area contributed by atoms with Crippen LogP contribution < -0.4 is 16.0 Å². The lowest BCUT2D eigenvalue weighted by Gasteiger charge is -2.23. The molecule has 2 aromatic heterocycles. The summed E-state index contributed by atoms with van der Waals surface area (Å²) in [6.45, 7) is 0.0417. The summed E-state index contributed by atoms with van der Waals surface area (Å²) in [5.74, 6) is -7.26. The van der Waals surface area contributed by atoms with E-state index in [1.807, 2.05) is 0 Å². The van der Waals surface area contributed by atoms with Crippen LogP contribution in [-0.4, -0.2) is 38.8 Å². The van der Waals surface area contributed by atoms with Crippen molar-refractivity contribution in [3.8, 4) is 32.8 Å². The normalized spacial score (nSPS) is 12.5. The Labute approximate surface area is 215 Å². The van der Waals surface area contributed by atoms with Crippen LogP contribution in [0.2, 0.25) is 0 Å². The number of nitrogens with two attached hydrogens (primary N) is 1. The van der Waals surface area contributed by atoms with Crippen molar-refractivity contribution in [1.82, 2.24) is 0 Å². The second-order valence-corrected chi connectivity index (χ2v) is 10.0. The Kier molecular flexibility index (Phi) is 5.88. The molecule has 5 rings (SSSR count). The molecule has 37 heavy (non-hydrogen) atoms. The second kappa shape index (κ2) is 8.94. The molecule has 0 spiro atoms. The summed E-state index contributed by atoms with van der Waals surface area (Å²) in [6, 6.07) is 6.45. The highest BCUT2D eigenvalue weighted by Gasteiger charge is 2.34. The average Bonchev–Trinajstić information content (AvgIpc) is 3.49. The Morgan fingerprint density at radius 2 is 1.62 bits per heavy atom. The number of fused-ring (bicyclic) bond motifs is 3. The van der Waals surface area contributed by atoms with Crippen molar-refractivity contribution in [2.45, 2.75) is 6.42 Å². The minimum atomic E-state index is -0.979. The van der Waals surface area contributed by atoms with E-state index in [4.69, 9.17) is 5.73 Å². The standard InChI is InChI=1S/C24H17F2N3O6S2/c25-10-2-1-3-11(26)16(10)28-23(34)13-8-9-4-6-29(12-5-7-36-22(12)21(9)37-13)24(35)14-17(30)19(32)15(27)20(33)18(14)31/h1-3,5,7-8,30-33H,4,6,27H2,(H,28,34). The van der Waals surface area contributed by atoms with E-state index >= 15 is 0 Å². The van der Waals surface area contributed by atoms with Gasteiger partial charge in [-0.25, -0.2) is 8.78 Å². The number of nitrogens with zero attached hydrogens (tertiary/aromatic N) is 1. The highest BCUT2D eigenvalue weighted by Crippen LogP contribution is 2.50. The van der Waals surface area contributed by atoms with Crippen LogP contribution in [0.25, 0.3) is 9.75 Å². The van der Waals surface area contributed by atoms with Crippen molar-refractivity contribution in [3.05, 3.63) is 63.4 Å². The minimum absolute atomic E-state index is 0.0417. The number of nitrogens with one attached hydrogen (secondary N) is 1. The van der Waals surface area contributed by atoms with Crippen molar-refractivity contribution in [3.63, 3.8) is 0 Å². The van der Waals surface area contributed by atoms with Gasteiger partial charge in [-0.3, -0.25) is 9.59 Å². The molecule has 7 N–H and O–H groups in total. The molecule has 0 saturated carbocycles. The molecular formula is C24H17F2N3O6S2. The molecule has 0 unspecified atom stereocenters. The monoisotopic (exact) mass is 545 g/mol. The zero-order valence-electron chi connectivity index (χ0n) is 18.6. The Morgan fingerprint density at radius 3 is 2.27 bits per heavy atom. The Hall–Kier alpha value is -4.36. The maximum Gasteiger partial charge on any atom is 0.266 e. The summed E-state index contributed by atoms with van der Waals surface area (Å²) in [6.07, 6.45) is 0.245. The number of phenols is 4. The molecule has 1 aliphatic rings. The lowest BCUT2D eigenvalue weighted by molar-refractivity contribution is 0.0979. The molecule has 2 amide bonds. The van der Waals surface area contributed by atoms with E-state index in [-0.39, 0.29) is 17.8 Å². The zero-order chi connectivity index (χ0) is 26.6. The first-order valence-corrected chi connectivity index (χ1v) is 12.3. The molecule has 13 heteroatoms. The zero-order valence-corrected chi connectivity index (χ0v) is 20.2. The number of carbonyl (C=O) groups excluding carboxylic acids is 2. The van der Waals surface area contributed by atoms with Gasteiger partial charge in [0.05, 0.1) is 20.3 Å².